The van der Waals surface area contributed by atoms with Crippen molar-refractivity contribution in [3.63, 3.8) is 0 Å². The Bertz CT molecular complexity index is 742. The van der Waals surface area contributed by atoms with E-state index < -0.39 is 0 Å². The van der Waals surface area contributed by atoms with E-state index in [4.69, 9.17) is 4.74 Å². The van der Waals surface area contributed by atoms with Crippen LogP contribution in [0.15, 0.2) is 42.5 Å². The molecule has 2 N–H and O–H groups in total. The van der Waals surface area contributed by atoms with Gasteiger partial charge in [0.2, 0.25) is 0 Å². The van der Waals surface area contributed by atoms with E-state index in [-0.39, 0.29) is 11.4 Å². The van der Waals surface area contributed by atoms with Crippen molar-refractivity contribution in [3.8, 4) is 5.75 Å². The van der Waals surface area contributed by atoms with Gasteiger partial charge < -0.3 is 15.4 Å². The highest BCUT2D eigenvalue weighted by Crippen LogP contribution is 2.47. The summed E-state index contributed by atoms with van der Waals surface area (Å²) in [7, 11) is 1.67. The molecule has 0 saturated heterocycles. The number of amides is 2. The first-order valence-electron chi connectivity index (χ1n) is 9.42. The molecule has 4 nitrogen and oxygen atoms in total. The van der Waals surface area contributed by atoms with Crippen LogP contribution in [-0.4, -0.2) is 19.7 Å². The Morgan fingerprint density at radius 1 is 1.04 bits per heavy atom. The fraction of sp³-hybridized carbons (Fsp3) is 0.409. The Kier molecular flexibility index (Phi) is 5.50. The van der Waals surface area contributed by atoms with Crippen molar-refractivity contribution in [2.24, 2.45) is 0 Å². The van der Waals surface area contributed by atoms with Gasteiger partial charge in [-0.2, -0.15) is 0 Å². The number of ether oxygens (including phenoxy) is 1. The maximum Gasteiger partial charge on any atom is 0.319 e. The van der Waals surface area contributed by atoms with Gasteiger partial charge in [-0.25, -0.2) is 4.79 Å². The van der Waals surface area contributed by atoms with Crippen LogP contribution >= 0.6 is 0 Å². The van der Waals surface area contributed by atoms with Crippen molar-refractivity contribution >= 4 is 11.7 Å². The van der Waals surface area contributed by atoms with E-state index in [1.54, 1.807) is 7.11 Å². The number of rotatable bonds is 7. The monoisotopic (exact) mass is 352 g/mol. The van der Waals surface area contributed by atoms with Gasteiger partial charge in [0, 0.05) is 17.6 Å². The highest BCUT2D eigenvalue weighted by Gasteiger charge is 2.44. The molecule has 0 spiro atoms. The number of hydrogen-bond acceptors (Lipinski definition) is 2. The Morgan fingerprint density at radius 2 is 1.65 bits per heavy atom. The first-order valence-corrected chi connectivity index (χ1v) is 9.42. The van der Waals surface area contributed by atoms with Gasteiger partial charge in [0.15, 0.2) is 0 Å². The first kappa shape index (κ1) is 18.3. The first-order chi connectivity index (χ1) is 12.6. The van der Waals surface area contributed by atoms with Crippen LogP contribution in [0.5, 0.6) is 5.75 Å². The smallest absolute Gasteiger partial charge is 0.319 e. The maximum absolute atomic E-state index is 12.5. The number of urea groups is 1. The summed E-state index contributed by atoms with van der Waals surface area (Å²) >= 11 is 0. The predicted octanol–water partition coefficient (Wildman–Crippen LogP) is 4.67. The summed E-state index contributed by atoms with van der Waals surface area (Å²) in [6, 6.07) is 14.3. The lowest BCUT2D eigenvalue weighted by atomic mass is 9.96. The summed E-state index contributed by atoms with van der Waals surface area (Å²) in [5.74, 6) is 0.860. The average molecular weight is 352 g/mol. The van der Waals surface area contributed by atoms with E-state index in [9.17, 15) is 4.79 Å². The van der Waals surface area contributed by atoms with E-state index in [0.717, 1.165) is 37.1 Å². The minimum Gasteiger partial charge on any atom is -0.497 e. The molecule has 0 heterocycles. The molecule has 0 radical (unpaired) electrons. The van der Waals surface area contributed by atoms with E-state index in [2.05, 4.69) is 54.8 Å². The second-order valence-electron chi connectivity index (χ2n) is 6.97. The molecule has 2 aromatic rings. The second-order valence-corrected chi connectivity index (χ2v) is 6.97. The molecule has 4 heteroatoms. The Morgan fingerprint density at radius 3 is 2.15 bits per heavy atom. The summed E-state index contributed by atoms with van der Waals surface area (Å²) in [5.41, 5.74) is 4.65. The standard InChI is InChI=1S/C22H28N2O2/c1-4-16-7-6-8-17(5-2)20(16)24-21(25)23-15-22(13-14-22)18-9-11-19(26-3)12-10-18/h6-12H,4-5,13-15H2,1-3H3,(H2,23,24,25). The minimum absolute atomic E-state index is 0.0709. The normalized spacial score (nSPS) is 14.6. The van der Waals surface area contributed by atoms with Crippen molar-refractivity contribution in [3.05, 3.63) is 59.2 Å². The highest BCUT2D eigenvalue weighted by molar-refractivity contribution is 5.91. The summed E-state index contributed by atoms with van der Waals surface area (Å²) < 4.78 is 5.23. The molecule has 1 fully saturated rings. The van der Waals surface area contributed by atoms with Gasteiger partial charge in [0.25, 0.3) is 0 Å². The molecule has 26 heavy (non-hydrogen) atoms. The van der Waals surface area contributed by atoms with Crippen LogP contribution in [0.4, 0.5) is 10.5 Å². The van der Waals surface area contributed by atoms with E-state index in [1.165, 1.54) is 16.7 Å². The van der Waals surface area contributed by atoms with Gasteiger partial charge in [-0.15, -0.1) is 0 Å². The van der Waals surface area contributed by atoms with E-state index in [0.29, 0.717) is 6.54 Å². The summed E-state index contributed by atoms with van der Waals surface area (Å²) in [5, 5.41) is 6.16. The van der Waals surface area contributed by atoms with E-state index >= 15 is 0 Å². The molecule has 1 saturated carbocycles. The summed E-state index contributed by atoms with van der Waals surface area (Å²) in [4.78, 5) is 12.5. The zero-order valence-corrected chi connectivity index (χ0v) is 15.9. The van der Waals surface area contributed by atoms with Crippen LogP contribution in [0.1, 0.15) is 43.4 Å². The van der Waals surface area contributed by atoms with Gasteiger partial charge in [-0.1, -0.05) is 44.2 Å². The third kappa shape index (κ3) is 3.85. The molecule has 1 aliphatic carbocycles. The largest absolute Gasteiger partial charge is 0.497 e. The van der Waals surface area contributed by atoms with Gasteiger partial charge in [-0.3, -0.25) is 0 Å². The predicted molar refractivity (Wildman–Crippen MR) is 106 cm³/mol. The zero-order valence-electron chi connectivity index (χ0n) is 15.9. The number of carbonyl (C=O) groups excluding carboxylic acids is 1. The van der Waals surface area contributed by atoms with Crippen molar-refractivity contribution in [2.45, 2.75) is 44.9 Å². The van der Waals surface area contributed by atoms with Crippen molar-refractivity contribution in [1.82, 2.24) is 5.32 Å². The number of hydrogen-bond donors (Lipinski definition) is 2. The molecule has 0 aromatic heterocycles. The van der Waals surface area contributed by atoms with Crippen LogP contribution in [-0.2, 0) is 18.3 Å². The third-order valence-electron chi connectivity index (χ3n) is 5.38. The topological polar surface area (TPSA) is 50.4 Å². The fourth-order valence-electron chi connectivity index (χ4n) is 3.47. The van der Waals surface area contributed by atoms with Gasteiger partial charge in [0.05, 0.1) is 7.11 Å². The number of para-hydroxylation sites is 1. The molecule has 0 bridgehead atoms. The number of aryl methyl sites for hydroxylation is 2. The summed E-state index contributed by atoms with van der Waals surface area (Å²) in [6.45, 7) is 4.88. The number of anilines is 1. The lowest BCUT2D eigenvalue weighted by molar-refractivity contribution is 0.251. The molecule has 0 aliphatic heterocycles. The van der Waals surface area contributed by atoms with E-state index in [1.807, 2.05) is 12.1 Å². The Hall–Kier alpha value is -2.49. The molecule has 3 rings (SSSR count). The quantitative estimate of drug-likeness (QED) is 0.760. The SMILES string of the molecule is CCc1cccc(CC)c1NC(=O)NCC1(c2ccc(OC)cc2)CC1. The molecule has 1 aliphatic rings. The highest BCUT2D eigenvalue weighted by atomic mass is 16.5. The van der Waals surface area contributed by atoms with Crippen LogP contribution in [0.25, 0.3) is 0 Å². The van der Waals surface area contributed by atoms with Crippen LogP contribution in [0, 0.1) is 0 Å². The number of carbonyl (C=O) groups is 1. The maximum atomic E-state index is 12.5. The molecule has 2 aromatic carbocycles. The molecular weight excluding hydrogens is 324 g/mol. The molecule has 0 atom stereocenters. The fourth-order valence-corrected chi connectivity index (χ4v) is 3.47. The number of benzene rings is 2. The lowest BCUT2D eigenvalue weighted by Crippen LogP contribution is -2.35. The van der Waals surface area contributed by atoms with Crippen molar-refractivity contribution in [2.75, 3.05) is 19.0 Å². The van der Waals surface area contributed by atoms with Gasteiger partial charge >= 0.3 is 6.03 Å². The van der Waals surface area contributed by atoms with Crippen LogP contribution < -0.4 is 15.4 Å². The third-order valence-corrected chi connectivity index (χ3v) is 5.38. The average Bonchev–Trinajstić information content (AvgIpc) is 3.48. The Balaban J connectivity index is 1.64. The van der Waals surface area contributed by atoms with Gasteiger partial charge in [0.1, 0.15) is 5.75 Å². The second kappa shape index (κ2) is 7.81. The molecule has 2 amide bonds. The van der Waals surface area contributed by atoms with Crippen LogP contribution in [0.3, 0.4) is 0 Å². The lowest BCUT2D eigenvalue weighted by Gasteiger charge is -2.19. The van der Waals surface area contributed by atoms with Crippen LogP contribution in [0.2, 0.25) is 0 Å². The molecular formula is C22H28N2O2. The summed E-state index contributed by atoms with van der Waals surface area (Å²) in [6.07, 6.45) is 4.01. The Labute approximate surface area is 156 Å². The van der Waals surface area contributed by atoms with Crippen molar-refractivity contribution < 1.29 is 9.53 Å². The van der Waals surface area contributed by atoms with Crippen molar-refractivity contribution in [1.29, 1.82) is 0 Å². The number of nitrogens with one attached hydrogen (secondary N) is 2. The number of methoxy groups -OCH3 is 1. The molecule has 138 valence electrons. The van der Waals surface area contributed by atoms with Gasteiger partial charge in [-0.05, 0) is 54.5 Å². The zero-order chi connectivity index (χ0) is 18.6. The minimum atomic E-state index is -0.125. The molecule has 0 unspecified atom stereocenters.